The summed E-state index contributed by atoms with van der Waals surface area (Å²) in [6.45, 7) is 2.67. The predicted octanol–water partition coefficient (Wildman–Crippen LogP) is 1.21. The summed E-state index contributed by atoms with van der Waals surface area (Å²) in [6.07, 6.45) is -1.61. The van der Waals surface area contributed by atoms with Crippen molar-refractivity contribution in [3.8, 4) is 5.75 Å². The van der Waals surface area contributed by atoms with Crippen LogP contribution in [0.5, 0.6) is 5.75 Å². The van der Waals surface area contributed by atoms with Crippen molar-refractivity contribution in [1.29, 1.82) is 0 Å². The number of rotatable bonds is 4. The normalized spacial score (nSPS) is 31.9. The van der Waals surface area contributed by atoms with Gasteiger partial charge in [-0.1, -0.05) is 0 Å². The second kappa shape index (κ2) is 5.01. The van der Waals surface area contributed by atoms with E-state index in [0.29, 0.717) is 11.3 Å². The van der Waals surface area contributed by atoms with E-state index in [1.54, 1.807) is 24.3 Å². The number of carbonyl (C=O) groups is 2. The van der Waals surface area contributed by atoms with Gasteiger partial charge in [0, 0.05) is 5.56 Å². The fourth-order valence-electron chi connectivity index (χ4n) is 2.28. The molecule has 0 saturated carbocycles. The van der Waals surface area contributed by atoms with Gasteiger partial charge in [0.1, 0.15) is 5.75 Å². The Morgan fingerprint density at radius 3 is 2.14 bits per heavy atom. The molecule has 7 nitrogen and oxygen atoms in total. The molecule has 3 atom stereocenters. The quantitative estimate of drug-likeness (QED) is 0.860. The van der Waals surface area contributed by atoms with Gasteiger partial charge in [-0.3, -0.25) is 0 Å². The number of methoxy groups -OCH3 is 1. The minimum atomic E-state index is -1.97. The third-order valence-corrected chi connectivity index (χ3v) is 3.51. The van der Waals surface area contributed by atoms with Crippen LogP contribution in [0.15, 0.2) is 24.3 Å². The van der Waals surface area contributed by atoms with E-state index < -0.39 is 29.4 Å². The average Bonchev–Trinajstić information content (AvgIpc) is 2.73. The molecular formula is C14H16O7. The smallest absolute Gasteiger partial charge is 0.339 e. The van der Waals surface area contributed by atoms with Crippen LogP contribution in [0.4, 0.5) is 0 Å². The van der Waals surface area contributed by atoms with Crippen LogP contribution < -0.4 is 4.74 Å². The molecule has 0 bridgehead atoms. The summed E-state index contributed by atoms with van der Waals surface area (Å²) in [6, 6.07) is 6.57. The monoisotopic (exact) mass is 296 g/mol. The Bertz CT molecular complexity index is 567. The minimum absolute atomic E-state index is 0.500. The van der Waals surface area contributed by atoms with Crippen LogP contribution in [-0.4, -0.2) is 41.0 Å². The third kappa shape index (κ3) is 2.45. The standard InChI is InChI=1S/C14H16O7/c1-13(12(17)18)10(11(15)16)20-14(2,21-13)8-4-6-9(19-3)7-5-8/h4-7,10H,1-3H3,(H,15,16)(H,17,18)/t10-,13+,14?/m0/s1. The van der Waals surface area contributed by atoms with E-state index in [4.69, 9.17) is 14.2 Å². The van der Waals surface area contributed by atoms with Crippen molar-refractivity contribution in [3.05, 3.63) is 29.8 Å². The second-order valence-corrected chi connectivity index (χ2v) is 5.02. The van der Waals surface area contributed by atoms with Gasteiger partial charge in [0.2, 0.25) is 5.60 Å². The molecule has 1 aliphatic rings. The van der Waals surface area contributed by atoms with Crippen molar-refractivity contribution in [1.82, 2.24) is 0 Å². The molecule has 0 spiro atoms. The van der Waals surface area contributed by atoms with Crippen molar-refractivity contribution < 1.29 is 34.0 Å². The molecule has 2 rings (SSSR count). The zero-order valence-electron chi connectivity index (χ0n) is 11.8. The van der Waals surface area contributed by atoms with Gasteiger partial charge >= 0.3 is 11.9 Å². The molecule has 1 aromatic carbocycles. The molecule has 1 heterocycles. The Morgan fingerprint density at radius 1 is 1.19 bits per heavy atom. The van der Waals surface area contributed by atoms with Gasteiger partial charge in [-0.15, -0.1) is 0 Å². The summed E-state index contributed by atoms with van der Waals surface area (Å²) < 4.78 is 15.9. The summed E-state index contributed by atoms with van der Waals surface area (Å²) >= 11 is 0. The molecule has 0 amide bonds. The molecule has 7 heteroatoms. The molecule has 0 aliphatic carbocycles. The van der Waals surface area contributed by atoms with Gasteiger partial charge < -0.3 is 24.4 Å². The maximum atomic E-state index is 11.4. The highest BCUT2D eigenvalue weighted by Gasteiger charge is 2.61. The molecule has 1 aliphatic heterocycles. The summed E-state index contributed by atoms with van der Waals surface area (Å²) in [7, 11) is 1.52. The molecule has 1 unspecified atom stereocenters. The molecular weight excluding hydrogens is 280 g/mol. The zero-order chi connectivity index (χ0) is 15.8. The highest BCUT2D eigenvalue weighted by Crippen LogP contribution is 2.43. The molecule has 1 aromatic rings. The Hall–Kier alpha value is -2.12. The Balaban J connectivity index is 2.39. The van der Waals surface area contributed by atoms with E-state index in [0.717, 1.165) is 0 Å². The molecule has 21 heavy (non-hydrogen) atoms. The summed E-state index contributed by atoms with van der Waals surface area (Å²) in [5.74, 6) is -3.65. The highest BCUT2D eigenvalue weighted by molar-refractivity contribution is 5.87. The highest BCUT2D eigenvalue weighted by atomic mass is 16.8. The van der Waals surface area contributed by atoms with Crippen LogP contribution >= 0.6 is 0 Å². The van der Waals surface area contributed by atoms with Crippen LogP contribution in [0.3, 0.4) is 0 Å². The maximum absolute atomic E-state index is 11.4. The largest absolute Gasteiger partial charge is 0.497 e. The number of benzene rings is 1. The van der Waals surface area contributed by atoms with Crippen LogP contribution in [0.1, 0.15) is 19.4 Å². The van der Waals surface area contributed by atoms with Crippen molar-refractivity contribution in [2.24, 2.45) is 0 Å². The van der Waals surface area contributed by atoms with E-state index in [2.05, 4.69) is 0 Å². The van der Waals surface area contributed by atoms with Crippen LogP contribution in [0, 0.1) is 0 Å². The van der Waals surface area contributed by atoms with E-state index >= 15 is 0 Å². The Labute approximate surface area is 121 Å². The maximum Gasteiger partial charge on any atom is 0.339 e. The lowest BCUT2D eigenvalue weighted by Crippen LogP contribution is -2.48. The van der Waals surface area contributed by atoms with Crippen molar-refractivity contribution >= 4 is 11.9 Å². The fourth-order valence-corrected chi connectivity index (χ4v) is 2.28. The number of carboxylic acids is 2. The molecule has 0 radical (unpaired) electrons. The van der Waals surface area contributed by atoms with Crippen LogP contribution in [-0.2, 0) is 24.8 Å². The van der Waals surface area contributed by atoms with Gasteiger partial charge in [0.15, 0.2) is 11.9 Å². The van der Waals surface area contributed by atoms with Gasteiger partial charge in [0.05, 0.1) is 7.11 Å². The molecule has 1 saturated heterocycles. The molecule has 1 fully saturated rings. The topological polar surface area (TPSA) is 102 Å². The summed E-state index contributed by atoms with van der Waals surface area (Å²) in [5.41, 5.74) is -1.47. The van der Waals surface area contributed by atoms with Gasteiger partial charge in [0.25, 0.3) is 0 Å². The number of hydrogen-bond acceptors (Lipinski definition) is 5. The number of aliphatic carboxylic acids is 2. The first-order valence-electron chi connectivity index (χ1n) is 6.21. The van der Waals surface area contributed by atoms with Gasteiger partial charge in [-0.2, -0.15) is 0 Å². The van der Waals surface area contributed by atoms with E-state index in [1.165, 1.54) is 21.0 Å². The molecule has 2 N–H and O–H groups in total. The number of ether oxygens (including phenoxy) is 3. The zero-order valence-corrected chi connectivity index (χ0v) is 11.8. The first kappa shape index (κ1) is 15.3. The van der Waals surface area contributed by atoms with Crippen molar-refractivity contribution in [3.63, 3.8) is 0 Å². The fraction of sp³-hybridized carbons (Fsp3) is 0.429. The lowest BCUT2D eigenvalue weighted by atomic mass is 10.00. The lowest BCUT2D eigenvalue weighted by molar-refractivity contribution is -0.195. The summed E-state index contributed by atoms with van der Waals surface area (Å²) in [4.78, 5) is 22.6. The van der Waals surface area contributed by atoms with E-state index in [-0.39, 0.29) is 0 Å². The van der Waals surface area contributed by atoms with E-state index in [1.807, 2.05) is 0 Å². The Kier molecular flexibility index (Phi) is 3.65. The SMILES string of the molecule is COc1ccc(C2(C)O[C@@H](C(=O)O)[C@](C)(C(=O)O)O2)cc1. The van der Waals surface area contributed by atoms with Crippen molar-refractivity contribution in [2.45, 2.75) is 31.3 Å². The average molecular weight is 296 g/mol. The minimum Gasteiger partial charge on any atom is -0.497 e. The first-order chi connectivity index (χ1) is 9.73. The predicted molar refractivity (Wildman–Crippen MR) is 70.0 cm³/mol. The van der Waals surface area contributed by atoms with Crippen LogP contribution in [0.2, 0.25) is 0 Å². The Morgan fingerprint density at radius 2 is 1.76 bits per heavy atom. The molecule has 114 valence electrons. The number of carboxylic acid groups (broad SMARTS) is 2. The first-order valence-corrected chi connectivity index (χ1v) is 6.21. The lowest BCUT2D eigenvalue weighted by Gasteiger charge is -2.25. The van der Waals surface area contributed by atoms with Gasteiger partial charge in [-0.05, 0) is 38.1 Å². The summed E-state index contributed by atoms with van der Waals surface area (Å²) in [5, 5.41) is 18.4. The van der Waals surface area contributed by atoms with Crippen molar-refractivity contribution in [2.75, 3.05) is 7.11 Å². The molecule has 0 aromatic heterocycles. The number of hydrogen-bond donors (Lipinski definition) is 2. The van der Waals surface area contributed by atoms with Gasteiger partial charge in [-0.25, -0.2) is 9.59 Å². The second-order valence-electron chi connectivity index (χ2n) is 5.02. The third-order valence-electron chi connectivity index (χ3n) is 3.51. The van der Waals surface area contributed by atoms with E-state index in [9.17, 15) is 19.8 Å². The van der Waals surface area contributed by atoms with Crippen LogP contribution in [0.25, 0.3) is 0 Å².